The average molecular weight is 284 g/mol. The van der Waals surface area contributed by atoms with Gasteiger partial charge in [-0.25, -0.2) is 9.37 Å². The molecule has 3 aromatic heterocycles. The van der Waals surface area contributed by atoms with Gasteiger partial charge >= 0.3 is 0 Å². The van der Waals surface area contributed by atoms with Gasteiger partial charge in [-0.2, -0.15) is 0 Å². The number of rotatable bonds is 4. The molecule has 0 aromatic carbocycles. The number of pyridine rings is 2. The van der Waals surface area contributed by atoms with E-state index in [2.05, 4.69) is 15.3 Å². The van der Waals surface area contributed by atoms with Gasteiger partial charge in [0.15, 0.2) is 0 Å². The number of nitrogens with one attached hydrogen (secondary N) is 1. The smallest absolute Gasteiger partial charge is 0.226 e. The van der Waals surface area contributed by atoms with E-state index in [1.807, 2.05) is 18.2 Å². The van der Waals surface area contributed by atoms with Gasteiger partial charge in [-0.1, -0.05) is 6.07 Å². The molecule has 0 bridgehead atoms. The maximum absolute atomic E-state index is 13.1. The van der Waals surface area contributed by atoms with Crippen LogP contribution in [0.25, 0.3) is 5.65 Å². The Kier molecular flexibility index (Phi) is 3.59. The van der Waals surface area contributed by atoms with Crippen LogP contribution < -0.4 is 5.32 Å². The summed E-state index contributed by atoms with van der Waals surface area (Å²) in [4.78, 5) is 20.3. The van der Waals surface area contributed by atoms with Crippen molar-refractivity contribution in [2.45, 2.75) is 13.0 Å². The van der Waals surface area contributed by atoms with Crippen molar-refractivity contribution in [3.63, 3.8) is 0 Å². The lowest BCUT2D eigenvalue weighted by Crippen LogP contribution is -2.25. The van der Waals surface area contributed by atoms with Gasteiger partial charge in [0.25, 0.3) is 0 Å². The molecule has 1 N–H and O–H groups in total. The second-order valence-electron chi connectivity index (χ2n) is 4.62. The first-order valence-electron chi connectivity index (χ1n) is 6.50. The number of imidazole rings is 1. The van der Waals surface area contributed by atoms with Gasteiger partial charge in [-0.05, 0) is 24.3 Å². The molecule has 0 fully saturated rings. The van der Waals surface area contributed by atoms with E-state index in [0.29, 0.717) is 17.9 Å². The first kappa shape index (κ1) is 13.2. The summed E-state index contributed by atoms with van der Waals surface area (Å²) in [5.41, 5.74) is 2.01. The van der Waals surface area contributed by atoms with Gasteiger partial charge in [0.05, 0.1) is 24.4 Å². The van der Waals surface area contributed by atoms with Crippen LogP contribution in [0, 0.1) is 5.82 Å². The summed E-state index contributed by atoms with van der Waals surface area (Å²) < 4.78 is 14.6. The molecule has 0 saturated carbocycles. The molecule has 0 atom stereocenters. The number of nitrogens with zero attached hydrogens (tertiary/aromatic N) is 3. The maximum Gasteiger partial charge on any atom is 0.226 e. The number of carbonyl (C=O) groups excluding carboxylic acids is 1. The normalized spacial score (nSPS) is 10.7. The summed E-state index contributed by atoms with van der Waals surface area (Å²) >= 11 is 0. The van der Waals surface area contributed by atoms with Gasteiger partial charge in [-0.15, -0.1) is 0 Å². The van der Waals surface area contributed by atoms with Crippen LogP contribution in [0.2, 0.25) is 0 Å². The predicted octanol–water partition coefficient (Wildman–Crippen LogP) is 1.73. The highest BCUT2D eigenvalue weighted by Gasteiger charge is 2.08. The first-order valence-corrected chi connectivity index (χ1v) is 6.50. The van der Waals surface area contributed by atoms with Gasteiger partial charge in [-0.3, -0.25) is 9.78 Å². The Bertz CT molecular complexity index is 770. The Hall–Kier alpha value is -2.76. The molecule has 106 valence electrons. The average Bonchev–Trinajstić information content (AvgIpc) is 2.87. The molecule has 0 radical (unpaired) electrons. The minimum atomic E-state index is -0.342. The van der Waals surface area contributed by atoms with Crippen LogP contribution in [0.1, 0.15) is 11.4 Å². The summed E-state index contributed by atoms with van der Waals surface area (Å²) in [6.07, 6.45) is 4.81. The van der Waals surface area contributed by atoms with Gasteiger partial charge in [0.2, 0.25) is 5.91 Å². The quantitative estimate of drug-likeness (QED) is 0.793. The van der Waals surface area contributed by atoms with Crippen LogP contribution >= 0.6 is 0 Å². The highest BCUT2D eigenvalue weighted by molar-refractivity contribution is 5.78. The lowest BCUT2D eigenvalue weighted by atomic mass is 10.3. The van der Waals surface area contributed by atoms with Gasteiger partial charge < -0.3 is 9.72 Å². The molecule has 3 aromatic rings. The Labute approximate surface area is 120 Å². The monoisotopic (exact) mass is 284 g/mol. The lowest BCUT2D eigenvalue weighted by molar-refractivity contribution is -0.120. The van der Waals surface area contributed by atoms with Crippen LogP contribution in [-0.2, 0) is 17.8 Å². The van der Waals surface area contributed by atoms with Crippen molar-refractivity contribution in [1.29, 1.82) is 0 Å². The van der Waals surface area contributed by atoms with E-state index in [1.165, 1.54) is 12.3 Å². The molecule has 0 saturated heterocycles. The Morgan fingerprint density at radius 2 is 2.10 bits per heavy atom. The highest BCUT2D eigenvalue weighted by Crippen LogP contribution is 2.07. The van der Waals surface area contributed by atoms with Crippen molar-refractivity contribution in [3.8, 4) is 0 Å². The van der Waals surface area contributed by atoms with Crippen molar-refractivity contribution < 1.29 is 9.18 Å². The van der Waals surface area contributed by atoms with Crippen molar-refractivity contribution in [2.75, 3.05) is 0 Å². The summed E-state index contributed by atoms with van der Waals surface area (Å²) in [7, 11) is 0. The van der Waals surface area contributed by atoms with Crippen LogP contribution in [0.3, 0.4) is 0 Å². The van der Waals surface area contributed by atoms with E-state index >= 15 is 0 Å². The Morgan fingerprint density at radius 1 is 1.19 bits per heavy atom. The molecular weight excluding hydrogens is 271 g/mol. The molecular formula is C15H13FN4O. The molecule has 3 heterocycles. The fraction of sp³-hybridized carbons (Fsp3) is 0.133. The van der Waals surface area contributed by atoms with E-state index in [-0.39, 0.29) is 18.1 Å². The van der Waals surface area contributed by atoms with E-state index in [4.69, 9.17) is 0 Å². The fourth-order valence-electron chi connectivity index (χ4n) is 2.02. The van der Waals surface area contributed by atoms with E-state index < -0.39 is 0 Å². The summed E-state index contributed by atoms with van der Waals surface area (Å²) in [5.74, 6) is -0.490. The number of carbonyl (C=O) groups is 1. The number of fused-ring (bicyclic) bond motifs is 1. The topological polar surface area (TPSA) is 59.3 Å². The van der Waals surface area contributed by atoms with Crippen LogP contribution in [0.5, 0.6) is 0 Å². The highest BCUT2D eigenvalue weighted by atomic mass is 19.1. The number of hydrogen-bond donors (Lipinski definition) is 1. The zero-order chi connectivity index (χ0) is 14.7. The summed E-state index contributed by atoms with van der Waals surface area (Å²) in [6, 6.07) is 8.44. The fourth-order valence-corrected chi connectivity index (χ4v) is 2.02. The zero-order valence-electron chi connectivity index (χ0n) is 11.2. The molecule has 6 heteroatoms. The predicted molar refractivity (Wildman–Crippen MR) is 74.9 cm³/mol. The minimum absolute atomic E-state index is 0.149. The van der Waals surface area contributed by atoms with E-state index in [0.717, 1.165) is 5.69 Å². The molecule has 0 aliphatic rings. The first-order chi connectivity index (χ1) is 10.2. The second-order valence-corrected chi connectivity index (χ2v) is 4.62. The van der Waals surface area contributed by atoms with Crippen LogP contribution in [0.4, 0.5) is 4.39 Å². The molecule has 3 rings (SSSR count). The van der Waals surface area contributed by atoms with E-state index in [9.17, 15) is 9.18 Å². The SMILES string of the molecule is O=C(Cc1cn2cc(F)ccc2n1)NCc1ccccn1. The van der Waals surface area contributed by atoms with Crippen molar-refractivity contribution in [3.05, 3.63) is 66.1 Å². The van der Waals surface area contributed by atoms with Crippen molar-refractivity contribution in [2.24, 2.45) is 0 Å². The molecule has 0 unspecified atom stereocenters. The number of halogens is 1. The van der Waals surface area contributed by atoms with Crippen molar-refractivity contribution in [1.82, 2.24) is 19.7 Å². The molecule has 0 aliphatic heterocycles. The number of aromatic nitrogens is 3. The van der Waals surface area contributed by atoms with Crippen LogP contribution in [0.15, 0.2) is 48.9 Å². The van der Waals surface area contributed by atoms with Gasteiger partial charge in [0.1, 0.15) is 11.5 Å². The van der Waals surface area contributed by atoms with E-state index in [1.54, 1.807) is 22.9 Å². The number of amides is 1. The van der Waals surface area contributed by atoms with Gasteiger partial charge in [0, 0.05) is 18.6 Å². The summed E-state index contributed by atoms with van der Waals surface area (Å²) in [5, 5.41) is 2.78. The third-order valence-electron chi connectivity index (χ3n) is 3.00. The lowest BCUT2D eigenvalue weighted by Gasteiger charge is -2.02. The summed E-state index contributed by atoms with van der Waals surface area (Å²) in [6.45, 7) is 0.377. The molecule has 0 aliphatic carbocycles. The molecule has 21 heavy (non-hydrogen) atoms. The second kappa shape index (κ2) is 5.70. The standard InChI is InChI=1S/C15H13FN4O/c16-11-4-5-14-19-13(10-20(14)9-11)7-15(21)18-8-12-3-1-2-6-17-12/h1-6,9-10H,7-8H2,(H,18,21). The zero-order valence-corrected chi connectivity index (χ0v) is 11.2. The Morgan fingerprint density at radius 3 is 2.90 bits per heavy atom. The number of hydrogen-bond acceptors (Lipinski definition) is 3. The Balaban J connectivity index is 1.63. The molecule has 5 nitrogen and oxygen atoms in total. The van der Waals surface area contributed by atoms with Crippen molar-refractivity contribution >= 4 is 11.6 Å². The molecule has 0 spiro atoms. The maximum atomic E-state index is 13.1. The van der Waals surface area contributed by atoms with Crippen LogP contribution in [-0.4, -0.2) is 20.3 Å². The largest absolute Gasteiger partial charge is 0.350 e. The molecule has 1 amide bonds. The third kappa shape index (κ3) is 3.22. The minimum Gasteiger partial charge on any atom is -0.350 e. The third-order valence-corrected chi connectivity index (χ3v) is 3.00.